The maximum absolute atomic E-state index is 12.6. The van der Waals surface area contributed by atoms with Crippen molar-refractivity contribution < 1.29 is 13.2 Å². The minimum absolute atomic E-state index is 0.195. The molecule has 1 amide bonds. The van der Waals surface area contributed by atoms with Crippen molar-refractivity contribution in [2.45, 2.75) is 38.1 Å². The first kappa shape index (κ1) is 20.1. The number of nitrogens with one attached hydrogen (secondary N) is 1. The number of rotatable bonds is 7. The SMILES string of the molecule is CCN(CC)S(=O)(=O)c1ccc(C(=O)NC(C)(C)c2ccccc2)cc1. The van der Waals surface area contributed by atoms with E-state index in [-0.39, 0.29) is 10.8 Å². The molecule has 0 radical (unpaired) electrons. The highest BCUT2D eigenvalue weighted by Crippen LogP contribution is 2.21. The molecule has 0 aliphatic carbocycles. The minimum atomic E-state index is -3.52. The van der Waals surface area contributed by atoms with Gasteiger partial charge in [0.15, 0.2) is 0 Å². The number of amides is 1. The molecule has 0 spiro atoms. The summed E-state index contributed by atoms with van der Waals surface area (Å²) in [6, 6.07) is 15.8. The predicted molar refractivity (Wildman–Crippen MR) is 103 cm³/mol. The van der Waals surface area contributed by atoms with Crippen LogP contribution in [0.15, 0.2) is 59.5 Å². The molecule has 0 atom stereocenters. The van der Waals surface area contributed by atoms with Gasteiger partial charge in [-0.3, -0.25) is 4.79 Å². The number of hydrogen-bond acceptors (Lipinski definition) is 3. The number of sulfonamides is 1. The Labute approximate surface area is 156 Å². The lowest BCUT2D eigenvalue weighted by atomic mass is 9.94. The molecule has 0 unspecified atom stereocenters. The number of hydrogen-bond donors (Lipinski definition) is 1. The lowest BCUT2D eigenvalue weighted by Crippen LogP contribution is -2.41. The van der Waals surface area contributed by atoms with Gasteiger partial charge in [-0.2, -0.15) is 4.31 Å². The Morgan fingerprint density at radius 1 is 0.962 bits per heavy atom. The summed E-state index contributed by atoms with van der Waals surface area (Å²) in [5, 5.41) is 2.99. The van der Waals surface area contributed by atoms with E-state index in [4.69, 9.17) is 0 Å². The van der Waals surface area contributed by atoms with Crippen molar-refractivity contribution in [1.82, 2.24) is 9.62 Å². The van der Waals surface area contributed by atoms with Crippen LogP contribution in [0.3, 0.4) is 0 Å². The van der Waals surface area contributed by atoms with Gasteiger partial charge in [0.25, 0.3) is 5.91 Å². The second kappa shape index (κ2) is 8.01. The van der Waals surface area contributed by atoms with Crippen LogP contribution < -0.4 is 5.32 Å². The summed E-state index contributed by atoms with van der Waals surface area (Å²) in [7, 11) is -3.52. The molecule has 6 heteroatoms. The maximum atomic E-state index is 12.6. The van der Waals surface area contributed by atoms with Crippen molar-refractivity contribution in [1.29, 1.82) is 0 Å². The molecule has 0 aromatic heterocycles. The van der Waals surface area contributed by atoms with E-state index in [9.17, 15) is 13.2 Å². The van der Waals surface area contributed by atoms with E-state index in [0.717, 1.165) is 5.56 Å². The first-order valence-corrected chi connectivity index (χ1v) is 10.1. The average Bonchev–Trinajstić information content (AvgIpc) is 2.63. The maximum Gasteiger partial charge on any atom is 0.251 e. The van der Waals surface area contributed by atoms with Crippen LogP contribution in [-0.2, 0) is 15.6 Å². The Hall–Kier alpha value is -2.18. The molecule has 0 fully saturated rings. The smallest absolute Gasteiger partial charge is 0.251 e. The predicted octanol–water partition coefficient (Wildman–Crippen LogP) is 3.38. The minimum Gasteiger partial charge on any atom is -0.343 e. The fourth-order valence-corrected chi connectivity index (χ4v) is 4.23. The van der Waals surface area contributed by atoms with Crippen LogP contribution in [0, 0.1) is 0 Å². The molecule has 5 nitrogen and oxygen atoms in total. The van der Waals surface area contributed by atoms with Crippen LogP contribution in [-0.4, -0.2) is 31.7 Å². The van der Waals surface area contributed by atoms with E-state index >= 15 is 0 Å². The van der Waals surface area contributed by atoms with E-state index in [1.807, 2.05) is 44.2 Å². The van der Waals surface area contributed by atoms with E-state index in [1.54, 1.807) is 26.0 Å². The molecule has 0 bridgehead atoms. The molecule has 26 heavy (non-hydrogen) atoms. The molecule has 2 aromatic carbocycles. The van der Waals surface area contributed by atoms with Crippen molar-refractivity contribution in [3.8, 4) is 0 Å². The molecule has 0 aliphatic heterocycles. The van der Waals surface area contributed by atoms with Gasteiger partial charge in [0, 0.05) is 18.7 Å². The Bertz CT molecular complexity index is 840. The number of benzene rings is 2. The quantitative estimate of drug-likeness (QED) is 0.808. The largest absolute Gasteiger partial charge is 0.343 e. The van der Waals surface area contributed by atoms with Gasteiger partial charge in [-0.05, 0) is 43.7 Å². The van der Waals surface area contributed by atoms with E-state index < -0.39 is 15.6 Å². The molecule has 2 aromatic rings. The third-order valence-corrected chi connectivity index (χ3v) is 6.45. The summed E-state index contributed by atoms with van der Waals surface area (Å²) in [6.07, 6.45) is 0. The molecule has 1 N–H and O–H groups in total. The number of carbonyl (C=O) groups excluding carboxylic acids is 1. The van der Waals surface area contributed by atoms with Gasteiger partial charge in [-0.1, -0.05) is 44.2 Å². The highest BCUT2D eigenvalue weighted by atomic mass is 32.2. The van der Waals surface area contributed by atoms with Crippen LogP contribution in [0.1, 0.15) is 43.6 Å². The van der Waals surface area contributed by atoms with Gasteiger partial charge in [0.2, 0.25) is 10.0 Å². The Morgan fingerprint density at radius 2 is 1.50 bits per heavy atom. The fraction of sp³-hybridized carbons (Fsp3) is 0.350. The summed E-state index contributed by atoms with van der Waals surface area (Å²) in [5.74, 6) is -0.245. The average molecular weight is 375 g/mol. The topological polar surface area (TPSA) is 66.5 Å². The summed E-state index contributed by atoms with van der Waals surface area (Å²) < 4.78 is 26.4. The zero-order chi connectivity index (χ0) is 19.4. The third kappa shape index (κ3) is 4.31. The van der Waals surface area contributed by atoms with Crippen LogP contribution in [0.5, 0.6) is 0 Å². The van der Waals surface area contributed by atoms with Crippen LogP contribution >= 0.6 is 0 Å². The Balaban J connectivity index is 2.19. The normalized spacial score (nSPS) is 12.2. The fourth-order valence-electron chi connectivity index (χ4n) is 2.77. The van der Waals surface area contributed by atoms with Gasteiger partial charge >= 0.3 is 0 Å². The monoisotopic (exact) mass is 374 g/mol. The summed E-state index contributed by atoms with van der Waals surface area (Å²) >= 11 is 0. The Kier molecular flexibility index (Phi) is 6.21. The molecule has 0 saturated heterocycles. The van der Waals surface area contributed by atoms with Crippen LogP contribution in [0.4, 0.5) is 0 Å². The van der Waals surface area contributed by atoms with Gasteiger partial charge < -0.3 is 5.32 Å². The molecule has 140 valence electrons. The first-order chi connectivity index (χ1) is 12.2. The molecule has 0 aliphatic rings. The number of nitrogens with zero attached hydrogens (tertiary/aromatic N) is 1. The van der Waals surface area contributed by atoms with E-state index in [0.29, 0.717) is 18.7 Å². The Morgan fingerprint density at radius 3 is 2.00 bits per heavy atom. The van der Waals surface area contributed by atoms with Crippen molar-refractivity contribution >= 4 is 15.9 Å². The van der Waals surface area contributed by atoms with Gasteiger partial charge in [-0.25, -0.2) is 8.42 Å². The summed E-state index contributed by atoms with van der Waals surface area (Å²) in [6.45, 7) is 8.28. The zero-order valence-corrected chi connectivity index (χ0v) is 16.5. The van der Waals surface area contributed by atoms with Crippen LogP contribution in [0.2, 0.25) is 0 Å². The van der Waals surface area contributed by atoms with Crippen LogP contribution in [0.25, 0.3) is 0 Å². The van der Waals surface area contributed by atoms with Gasteiger partial charge in [0.05, 0.1) is 10.4 Å². The van der Waals surface area contributed by atoms with Crippen molar-refractivity contribution in [2.75, 3.05) is 13.1 Å². The third-order valence-electron chi connectivity index (χ3n) is 4.38. The highest BCUT2D eigenvalue weighted by Gasteiger charge is 2.24. The van der Waals surface area contributed by atoms with Gasteiger partial charge in [-0.15, -0.1) is 0 Å². The standard InChI is InChI=1S/C20H26N2O3S/c1-5-22(6-2)26(24,25)18-14-12-16(13-15-18)19(23)21-20(3,4)17-10-8-7-9-11-17/h7-15H,5-6H2,1-4H3,(H,21,23). The second-order valence-corrected chi connectivity index (χ2v) is 8.50. The van der Waals surface area contributed by atoms with Gasteiger partial charge in [0.1, 0.15) is 0 Å². The molecule has 2 rings (SSSR count). The highest BCUT2D eigenvalue weighted by molar-refractivity contribution is 7.89. The lowest BCUT2D eigenvalue weighted by Gasteiger charge is -2.27. The van der Waals surface area contributed by atoms with E-state index in [1.165, 1.54) is 16.4 Å². The number of carbonyl (C=O) groups is 1. The first-order valence-electron chi connectivity index (χ1n) is 8.70. The van der Waals surface area contributed by atoms with Crippen molar-refractivity contribution in [3.63, 3.8) is 0 Å². The zero-order valence-electron chi connectivity index (χ0n) is 15.7. The lowest BCUT2D eigenvalue weighted by molar-refractivity contribution is 0.0912. The molecule has 0 heterocycles. The molecular formula is C20H26N2O3S. The van der Waals surface area contributed by atoms with E-state index in [2.05, 4.69) is 5.32 Å². The van der Waals surface area contributed by atoms with Crippen molar-refractivity contribution in [2.24, 2.45) is 0 Å². The summed E-state index contributed by atoms with van der Waals surface area (Å²) in [5.41, 5.74) is 0.881. The second-order valence-electron chi connectivity index (χ2n) is 6.56. The van der Waals surface area contributed by atoms with Crippen molar-refractivity contribution in [3.05, 3.63) is 65.7 Å². The molecular weight excluding hydrogens is 348 g/mol. The summed E-state index contributed by atoms with van der Waals surface area (Å²) in [4.78, 5) is 12.8. The molecule has 0 saturated carbocycles.